The van der Waals surface area contributed by atoms with Crippen LogP contribution in [0.1, 0.15) is 22.3 Å². The molecule has 0 atom stereocenters. The number of anilines is 1. The summed E-state index contributed by atoms with van der Waals surface area (Å²) in [6.45, 7) is 2.01. The zero-order chi connectivity index (χ0) is 23.3. The van der Waals surface area contributed by atoms with Gasteiger partial charge in [-0.1, -0.05) is 12.1 Å². The maximum Gasteiger partial charge on any atom is 0.340 e. The van der Waals surface area contributed by atoms with E-state index in [9.17, 15) is 18.0 Å². The Kier molecular flexibility index (Phi) is 7.37. The fraction of sp³-hybridized carbons (Fsp3) is 0.364. The average Bonchev–Trinajstić information content (AvgIpc) is 2.81. The highest BCUT2D eigenvalue weighted by Gasteiger charge is 2.25. The van der Waals surface area contributed by atoms with E-state index in [1.807, 2.05) is 29.2 Å². The fourth-order valence-electron chi connectivity index (χ4n) is 3.64. The number of ether oxygens (including phenoxy) is 2. The molecule has 1 heterocycles. The number of carbonyl (C=O) groups excluding carboxylic acids is 2. The Balaban J connectivity index is 1.63. The van der Waals surface area contributed by atoms with Crippen LogP contribution in [0.3, 0.4) is 0 Å². The third-order valence-corrected chi connectivity index (χ3v) is 6.37. The number of amides is 1. The maximum atomic E-state index is 12.6. The summed E-state index contributed by atoms with van der Waals surface area (Å²) in [4.78, 5) is 28.5. The van der Waals surface area contributed by atoms with E-state index in [4.69, 9.17) is 14.6 Å². The highest BCUT2D eigenvalue weighted by Crippen LogP contribution is 2.26. The smallest absolute Gasteiger partial charge is 0.340 e. The zero-order valence-corrected chi connectivity index (χ0v) is 18.9. The molecule has 1 aliphatic rings. The molecule has 172 valence electrons. The number of aryl methyl sites for hydroxylation is 1. The molecule has 0 aromatic heterocycles. The Labute approximate surface area is 187 Å². The van der Waals surface area contributed by atoms with E-state index in [1.165, 1.54) is 19.2 Å². The minimum absolute atomic E-state index is 0.0678. The number of nitrogens with two attached hydrogens (primary N) is 1. The molecule has 1 amide bonds. The van der Waals surface area contributed by atoms with Crippen LogP contribution in [0.4, 0.5) is 5.69 Å². The molecule has 3 rings (SSSR count). The molecular formula is C22H27N3O6S. The minimum atomic E-state index is -3.95. The molecule has 1 fully saturated rings. The Morgan fingerprint density at radius 3 is 2.22 bits per heavy atom. The first-order chi connectivity index (χ1) is 15.2. The first-order valence-corrected chi connectivity index (χ1v) is 11.7. The summed E-state index contributed by atoms with van der Waals surface area (Å²) in [5.41, 5.74) is 1.74. The molecule has 32 heavy (non-hydrogen) atoms. The number of hydrogen-bond donors (Lipinski definition) is 1. The van der Waals surface area contributed by atoms with Gasteiger partial charge >= 0.3 is 5.97 Å². The second-order valence-corrected chi connectivity index (χ2v) is 8.99. The second-order valence-electron chi connectivity index (χ2n) is 7.43. The van der Waals surface area contributed by atoms with Gasteiger partial charge in [-0.2, -0.15) is 0 Å². The number of methoxy groups -OCH3 is 2. The van der Waals surface area contributed by atoms with E-state index in [1.54, 1.807) is 18.1 Å². The molecule has 0 bridgehead atoms. The lowest BCUT2D eigenvalue weighted by atomic mass is 10.1. The van der Waals surface area contributed by atoms with Crippen molar-refractivity contribution < 1.29 is 27.5 Å². The summed E-state index contributed by atoms with van der Waals surface area (Å²) < 4.78 is 33.3. The standard InChI is InChI=1S/C22H27N3O6S/c1-30-17-6-3-16(4-7-17)5-10-21(26)25-13-11-24(12-14-25)20-9-8-18(32(23,28)29)15-19(20)22(27)31-2/h3-4,6-9,15H,5,10-14H2,1-2H3,(H2,23,28,29). The number of sulfonamides is 1. The molecule has 9 nitrogen and oxygen atoms in total. The van der Waals surface area contributed by atoms with E-state index in [2.05, 4.69) is 0 Å². The van der Waals surface area contributed by atoms with Crippen molar-refractivity contribution in [3.05, 3.63) is 53.6 Å². The topological polar surface area (TPSA) is 119 Å². The van der Waals surface area contributed by atoms with Gasteiger partial charge in [-0.25, -0.2) is 18.4 Å². The number of primary sulfonamides is 1. The zero-order valence-electron chi connectivity index (χ0n) is 18.1. The summed E-state index contributed by atoms with van der Waals surface area (Å²) in [5.74, 6) is 0.196. The van der Waals surface area contributed by atoms with Gasteiger partial charge in [0.05, 0.1) is 30.4 Å². The summed E-state index contributed by atoms with van der Waals surface area (Å²) in [6, 6.07) is 11.8. The number of hydrogen-bond acceptors (Lipinski definition) is 7. The monoisotopic (exact) mass is 461 g/mol. The fourth-order valence-corrected chi connectivity index (χ4v) is 4.18. The van der Waals surface area contributed by atoms with Crippen molar-refractivity contribution in [3.63, 3.8) is 0 Å². The summed E-state index contributed by atoms with van der Waals surface area (Å²) in [7, 11) is -1.11. The Bertz CT molecular complexity index is 1080. The molecule has 2 aromatic rings. The first kappa shape index (κ1) is 23.6. The van der Waals surface area contributed by atoms with Gasteiger partial charge in [0.15, 0.2) is 0 Å². The van der Waals surface area contributed by atoms with Crippen LogP contribution in [0.15, 0.2) is 47.4 Å². The number of benzene rings is 2. The molecule has 0 spiro atoms. The summed E-state index contributed by atoms with van der Waals surface area (Å²) in [6.07, 6.45) is 1.05. The number of piperazine rings is 1. The molecule has 2 aromatic carbocycles. The molecular weight excluding hydrogens is 434 g/mol. The maximum absolute atomic E-state index is 12.6. The van der Waals surface area contributed by atoms with Crippen LogP contribution in [0, 0.1) is 0 Å². The van der Waals surface area contributed by atoms with E-state index in [-0.39, 0.29) is 16.4 Å². The van der Waals surface area contributed by atoms with Crippen molar-refractivity contribution in [1.29, 1.82) is 0 Å². The molecule has 0 unspecified atom stereocenters. The normalized spacial score (nSPS) is 14.2. The predicted octanol–water partition coefficient (Wildman–Crippen LogP) is 1.41. The van der Waals surface area contributed by atoms with Crippen molar-refractivity contribution in [3.8, 4) is 5.75 Å². The van der Waals surface area contributed by atoms with Gasteiger partial charge in [0.1, 0.15) is 5.75 Å². The molecule has 0 aliphatic carbocycles. The molecule has 1 saturated heterocycles. The molecule has 1 aliphatic heterocycles. The van der Waals surface area contributed by atoms with Crippen LogP contribution in [0.25, 0.3) is 0 Å². The van der Waals surface area contributed by atoms with Gasteiger partial charge in [-0.15, -0.1) is 0 Å². The van der Waals surface area contributed by atoms with Gasteiger partial charge in [0, 0.05) is 32.6 Å². The molecule has 10 heteroatoms. The van der Waals surface area contributed by atoms with Crippen LogP contribution in [-0.4, -0.2) is 65.6 Å². The van der Waals surface area contributed by atoms with Gasteiger partial charge in [-0.05, 0) is 42.3 Å². The van der Waals surface area contributed by atoms with Gasteiger partial charge in [-0.3, -0.25) is 4.79 Å². The van der Waals surface area contributed by atoms with Crippen molar-refractivity contribution in [2.24, 2.45) is 5.14 Å². The van der Waals surface area contributed by atoms with Crippen LogP contribution in [0.2, 0.25) is 0 Å². The van der Waals surface area contributed by atoms with E-state index in [0.717, 1.165) is 11.3 Å². The lowest BCUT2D eigenvalue weighted by molar-refractivity contribution is -0.131. The third kappa shape index (κ3) is 5.57. The van der Waals surface area contributed by atoms with Crippen LogP contribution in [0.5, 0.6) is 5.75 Å². The Morgan fingerprint density at radius 2 is 1.66 bits per heavy atom. The first-order valence-electron chi connectivity index (χ1n) is 10.1. The Morgan fingerprint density at radius 1 is 1.00 bits per heavy atom. The van der Waals surface area contributed by atoms with E-state index >= 15 is 0 Å². The number of rotatable bonds is 7. The number of carbonyl (C=O) groups is 2. The van der Waals surface area contributed by atoms with E-state index < -0.39 is 16.0 Å². The van der Waals surface area contributed by atoms with Crippen molar-refractivity contribution >= 4 is 27.6 Å². The molecule has 0 saturated carbocycles. The van der Waals surface area contributed by atoms with Gasteiger partial charge in [0.2, 0.25) is 15.9 Å². The largest absolute Gasteiger partial charge is 0.497 e. The predicted molar refractivity (Wildman–Crippen MR) is 119 cm³/mol. The second kappa shape index (κ2) is 10.0. The quantitative estimate of drug-likeness (QED) is 0.619. The lowest BCUT2D eigenvalue weighted by Crippen LogP contribution is -2.49. The van der Waals surface area contributed by atoms with E-state index in [0.29, 0.717) is 44.7 Å². The van der Waals surface area contributed by atoms with Crippen LogP contribution < -0.4 is 14.8 Å². The third-order valence-electron chi connectivity index (χ3n) is 5.46. The van der Waals surface area contributed by atoms with Gasteiger partial charge < -0.3 is 19.3 Å². The Hall–Kier alpha value is -3.11. The molecule has 0 radical (unpaired) electrons. The number of esters is 1. The highest BCUT2D eigenvalue weighted by molar-refractivity contribution is 7.89. The summed E-state index contributed by atoms with van der Waals surface area (Å²) in [5, 5.41) is 5.19. The van der Waals surface area contributed by atoms with Crippen molar-refractivity contribution in [2.75, 3.05) is 45.3 Å². The lowest BCUT2D eigenvalue weighted by Gasteiger charge is -2.37. The van der Waals surface area contributed by atoms with Gasteiger partial charge in [0.25, 0.3) is 0 Å². The summed E-state index contributed by atoms with van der Waals surface area (Å²) >= 11 is 0. The minimum Gasteiger partial charge on any atom is -0.497 e. The van der Waals surface area contributed by atoms with Crippen LogP contribution >= 0.6 is 0 Å². The SMILES string of the molecule is COC(=O)c1cc(S(N)(=O)=O)ccc1N1CCN(C(=O)CCc2ccc(OC)cc2)CC1. The number of nitrogens with zero attached hydrogens (tertiary/aromatic N) is 2. The highest BCUT2D eigenvalue weighted by atomic mass is 32.2. The van der Waals surface area contributed by atoms with Crippen molar-refractivity contribution in [1.82, 2.24) is 4.90 Å². The van der Waals surface area contributed by atoms with Crippen LogP contribution in [-0.2, 0) is 26.0 Å². The average molecular weight is 462 g/mol. The van der Waals surface area contributed by atoms with Crippen molar-refractivity contribution in [2.45, 2.75) is 17.7 Å². The molecule has 2 N–H and O–H groups in total.